The minimum absolute atomic E-state index is 0.140. The summed E-state index contributed by atoms with van der Waals surface area (Å²) >= 11 is 1.46. The zero-order valence-electron chi connectivity index (χ0n) is 19.2. The Hall–Kier alpha value is -2.84. The van der Waals surface area contributed by atoms with E-state index in [1.165, 1.54) is 17.3 Å². The van der Waals surface area contributed by atoms with Crippen LogP contribution in [0.2, 0.25) is 0 Å². The number of aromatic nitrogens is 2. The number of hydrogen-bond acceptors (Lipinski definition) is 6. The molecule has 1 saturated heterocycles. The summed E-state index contributed by atoms with van der Waals surface area (Å²) in [4.78, 5) is 33.9. The number of benzene rings is 2. The van der Waals surface area contributed by atoms with E-state index >= 15 is 0 Å². The van der Waals surface area contributed by atoms with Crippen LogP contribution in [0.25, 0.3) is 11.0 Å². The summed E-state index contributed by atoms with van der Waals surface area (Å²) in [7, 11) is 0. The number of hydrogen-bond donors (Lipinski definition) is 0. The molecule has 2 heterocycles. The van der Waals surface area contributed by atoms with E-state index in [1.54, 1.807) is 19.1 Å². The van der Waals surface area contributed by atoms with Crippen LogP contribution in [0.5, 0.6) is 0 Å². The summed E-state index contributed by atoms with van der Waals surface area (Å²) in [6, 6.07) is 15.9. The summed E-state index contributed by atoms with van der Waals surface area (Å²) in [6.45, 7) is 9.11. The van der Waals surface area contributed by atoms with E-state index in [2.05, 4.69) is 40.7 Å². The van der Waals surface area contributed by atoms with Crippen molar-refractivity contribution in [1.29, 1.82) is 0 Å². The monoisotopic (exact) mass is 466 g/mol. The van der Waals surface area contributed by atoms with E-state index in [1.807, 2.05) is 17.0 Å². The molecule has 1 aliphatic rings. The average molecular weight is 467 g/mol. The number of carbonyl (C=O) groups excluding carboxylic acids is 2. The first kappa shape index (κ1) is 23.3. The number of amides is 1. The molecular weight excluding hydrogens is 436 g/mol. The highest BCUT2D eigenvalue weighted by Crippen LogP contribution is 2.25. The molecule has 0 aliphatic carbocycles. The number of piperazine rings is 1. The minimum Gasteiger partial charge on any atom is -0.462 e. The number of ether oxygens (including phenoxy) is 1. The van der Waals surface area contributed by atoms with Crippen molar-refractivity contribution in [3.05, 3.63) is 59.7 Å². The van der Waals surface area contributed by atoms with Gasteiger partial charge in [-0.15, -0.1) is 0 Å². The highest BCUT2D eigenvalue weighted by atomic mass is 32.2. The van der Waals surface area contributed by atoms with Crippen LogP contribution in [0.4, 0.5) is 0 Å². The Morgan fingerprint density at radius 3 is 2.48 bits per heavy atom. The number of carbonyl (C=O) groups is 2. The molecule has 0 unspecified atom stereocenters. The van der Waals surface area contributed by atoms with E-state index in [0.29, 0.717) is 17.9 Å². The Morgan fingerprint density at radius 2 is 1.79 bits per heavy atom. The fraction of sp³-hybridized carbons (Fsp3) is 0.400. The Bertz CT molecular complexity index is 1110. The molecule has 174 valence electrons. The van der Waals surface area contributed by atoms with E-state index < -0.39 is 0 Å². The predicted octanol–water partition coefficient (Wildman–Crippen LogP) is 3.67. The van der Waals surface area contributed by atoms with Crippen molar-refractivity contribution in [2.75, 3.05) is 38.5 Å². The average Bonchev–Trinajstić information content (AvgIpc) is 3.20. The predicted molar refractivity (Wildman–Crippen MR) is 130 cm³/mol. The van der Waals surface area contributed by atoms with Crippen molar-refractivity contribution < 1.29 is 14.3 Å². The second kappa shape index (κ2) is 10.9. The largest absolute Gasteiger partial charge is 0.462 e. The number of fused-ring (bicyclic) bond motifs is 1. The highest BCUT2D eigenvalue weighted by Gasteiger charge is 2.22. The molecule has 1 aromatic heterocycles. The molecule has 2 aromatic carbocycles. The lowest BCUT2D eigenvalue weighted by Crippen LogP contribution is -2.48. The van der Waals surface area contributed by atoms with Gasteiger partial charge in [0.2, 0.25) is 5.91 Å². The summed E-state index contributed by atoms with van der Waals surface area (Å²) in [6.07, 6.45) is 0. The lowest BCUT2D eigenvalue weighted by Gasteiger charge is -2.34. The fourth-order valence-corrected chi connectivity index (χ4v) is 5.06. The van der Waals surface area contributed by atoms with Crippen LogP contribution in [0, 0.1) is 0 Å². The van der Waals surface area contributed by atoms with Gasteiger partial charge in [-0.25, -0.2) is 9.78 Å². The fourth-order valence-electron chi connectivity index (χ4n) is 4.08. The van der Waals surface area contributed by atoms with Gasteiger partial charge in [0.25, 0.3) is 0 Å². The van der Waals surface area contributed by atoms with Crippen molar-refractivity contribution >= 4 is 34.7 Å². The van der Waals surface area contributed by atoms with E-state index in [-0.39, 0.29) is 11.9 Å². The number of nitrogens with zero attached hydrogens (tertiary/aromatic N) is 4. The van der Waals surface area contributed by atoms with Crippen molar-refractivity contribution in [1.82, 2.24) is 19.4 Å². The normalized spacial score (nSPS) is 14.5. The molecule has 0 radical (unpaired) electrons. The first-order valence-electron chi connectivity index (χ1n) is 11.4. The summed E-state index contributed by atoms with van der Waals surface area (Å²) < 4.78 is 7.18. The van der Waals surface area contributed by atoms with Gasteiger partial charge in [0.15, 0.2) is 5.16 Å². The summed E-state index contributed by atoms with van der Waals surface area (Å²) in [5.41, 5.74) is 3.49. The van der Waals surface area contributed by atoms with Crippen LogP contribution in [-0.2, 0) is 22.6 Å². The first-order chi connectivity index (χ1) is 16.1. The van der Waals surface area contributed by atoms with Gasteiger partial charge in [0.1, 0.15) is 0 Å². The third-order valence-electron chi connectivity index (χ3n) is 5.84. The van der Waals surface area contributed by atoms with Crippen molar-refractivity contribution in [2.45, 2.75) is 32.1 Å². The Kier molecular flexibility index (Phi) is 7.67. The number of thioether (sulfide) groups is 1. The molecule has 1 amide bonds. The zero-order valence-corrected chi connectivity index (χ0v) is 20.0. The molecule has 8 heteroatoms. The van der Waals surface area contributed by atoms with Crippen LogP contribution >= 0.6 is 11.8 Å². The van der Waals surface area contributed by atoms with Gasteiger partial charge in [-0.1, -0.05) is 42.1 Å². The van der Waals surface area contributed by atoms with Crippen molar-refractivity contribution in [3.63, 3.8) is 0 Å². The van der Waals surface area contributed by atoms with Gasteiger partial charge in [-0.2, -0.15) is 0 Å². The molecule has 0 spiro atoms. The quantitative estimate of drug-likeness (QED) is 0.373. The zero-order chi connectivity index (χ0) is 23.2. The second-order valence-electron chi connectivity index (χ2n) is 7.99. The first-order valence-corrected chi connectivity index (χ1v) is 12.4. The third-order valence-corrected chi connectivity index (χ3v) is 6.80. The lowest BCUT2D eigenvalue weighted by molar-refractivity contribution is -0.130. The number of aryl methyl sites for hydroxylation is 1. The van der Waals surface area contributed by atoms with Crippen LogP contribution in [-0.4, -0.2) is 69.8 Å². The van der Waals surface area contributed by atoms with Gasteiger partial charge in [-0.3, -0.25) is 9.69 Å². The number of rotatable bonds is 8. The highest BCUT2D eigenvalue weighted by molar-refractivity contribution is 7.99. The molecule has 3 aromatic rings. The Labute approximate surface area is 198 Å². The Balaban J connectivity index is 1.35. The van der Waals surface area contributed by atoms with Gasteiger partial charge in [0, 0.05) is 39.3 Å². The third kappa shape index (κ3) is 5.57. The molecule has 1 fully saturated rings. The molecule has 4 rings (SSSR count). The van der Waals surface area contributed by atoms with Gasteiger partial charge >= 0.3 is 5.97 Å². The molecule has 0 bridgehead atoms. The van der Waals surface area contributed by atoms with Crippen LogP contribution < -0.4 is 0 Å². The second-order valence-corrected chi connectivity index (χ2v) is 8.94. The SMILES string of the molecule is CCOC(=O)c1ccc2c(c1)nc(SCC(=O)N1CCN(Cc3ccccc3)CC1)n2CC. The van der Waals surface area contributed by atoms with Gasteiger partial charge in [-0.05, 0) is 37.6 Å². The van der Waals surface area contributed by atoms with E-state index in [0.717, 1.165) is 55.5 Å². The van der Waals surface area contributed by atoms with E-state index in [9.17, 15) is 9.59 Å². The van der Waals surface area contributed by atoms with Crippen molar-refractivity contribution in [2.24, 2.45) is 0 Å². The topological polar surface area (TPSA) is 67.7 Å². The molecule has 33 heavy (non-hydrogen) atoms. The molecule has 0 N–H and O–H groups in total. The molecule has 1 aliphatic heterocycles. The number of imidazole rings is 1. The lowest BCUT2D eigenvalue weighted by atomic mass is 10.2. The maximum absolute atomic E-state index is 12.9. The molecule has 7 nitrogen and oxygen atoms in total. The maximum Gasteiger partial charge on any atom is 0.338 e. The summed E-state index contributed by atoms with van der Waals surface area (Å²) in [5, 5.41) is 0.796. The van der Waals surface area contributed by atoms with Crippen LogP contribution in [0.15, 0.2) is 53.7 Å². The number of esters is 1. The van der Waals surface area contributed by atoms with Crippen LogP contribution in [0.1, 0.15) is 29.8 Å². The summed E-state index contributed by atoms with van der Waals surface area (Å²) in [5.74, 6) is 0.148. The standard InChI is InChI=1S/C25H30N4O3S/c1-3-29-22-11-10-20(24(31)32-4-2)16-21(22)26-25(29)33-18-23(30)28-14-12-27(13-15-28)17-19-8-6-5-7-9-19/h5-11,16H,3-4,12-15,17-18H2,1-2H3. The van der Waals surface area contributed by atoms with Crippen LogP contribution in [0.3, 0.4) is 0 Å². The molecule has 0 saturated carbocycles. The molecular formula is C25H30N4O3S. The van der Waals surface area contributed by atoms with Gasteiger partial charge < -0.3 is 14.2 Å². The van der Waals surface area contributed by atoms with Crippen molar-refractivity contribution in [3.8, 4) is 0 Å². The van der Waals surface area contributed by atoms with E-state index in [4.69, 9.17) is 9.72 Å². The Morgan fingerprint density at radius 1 is 1.03 bits per heavy atom. The van der Waals surface area contributed by atoms with Gasteiger partial charge in [0.05, 0.1) is 29.0 Å². The maximum atomic E-state index is 12.9. The smallest absolute Gasteiger partial charge is 0.338 e. The molecule has 0 atom stereocenters. The minimum atomic E-state index is -0.346.